The van der Waals surface area contributed by atoms with Crippen LogP contribution in [0, 0.1) is 24.2 Å². The van der Waals surface area contributed by atoms with Crippen LogP contribution in [-0.4, -0.2) is 62.9 Å². The Bertz CT molecular complexity index is 1340. The summed E-state index contributed by atoms with van der Waals surface area (Å²) in [6, 6.07) is 8.53. The molecular weight excluding hydrogens is 511 g/mol. The molecule has 3 atom stereocenters. The first-order valence-corrected chi connectivity index (χ1v) is 12.8. The van der Waals surface area contributed by atoms with Gasteiger partial charge in [-0.05, 0) is 50.5 Å². The second-order valence-electron chi connectivity index (χ2n) is 9.85. The van der Waals surface area contributed by atoms with Crippen molar-refractivity contribution in [1.82, 2.24) is 24.6 Å². The third kappa shape index (κ3) is 5.79. The maximum Gasteiger partial charge on any atom is 0.417 e. The van der Waals surface area contributed by atoms with E-state index in [2.05, 4.69) is 31.4 Å². The van der Waals surface area contributed by atoms with Crippen molar-refractivity contribution in [2.75, 3.05) is 31.6 Å². The van der Waals surface area contributed by atoms with Crippen LogP contribution in [-0.2, 0) is 10.9 Å². The van der Waals surface area contributed by atoms with Crippen molar-refractivity contribution in [3.05, 3.63) is 65.4 Å². The number of nitrogens with one attached hydrogen (secondary N) is 1. The van der Waals surface area contributed by atoms with Crippen molar-refractivity contribution < 1.29 is 22.7 Å². The lowest BCUT2D eigenvalue weighted by Crippen LogP contribution is -2.48. The zero-order valence-electron chi connectivity index (χ0n) is 21.4. The molecule has 1 aliphatic carbocycles. The number of nitriles is 1. The van der Waals surface area contributed by atoms with E-state index in [-0.39, 0.29) is 23.2 Å². The van der Waals surface area contributed by atoms with Gasteiger partial charge in [-0.3, -0.25) is 14.7 Å². The van der Waals surface area contributed by atoms with Crippen LogP contribution in [0.25, 0.3) is 5.82 Å². The predicted octanol–water partition coefficient (Wildman–Crippen LogP) is 4.35. The van der Waals surface area contributed by atoms with E-state index in [4.69, 9.17) is 4.74 Å². The summed E-state index contributed by atoms with van der Waals surface area (Å²) in [6.45, 7) is 4.77. The number of halogens is 3. The van der Waals surface area contributed by atoms with Gasteiger partial charge in [-0.2, -0.15) is 23.5 Å². The number of aromatic nitrogens is 4. The summed E-state index contributed by atoms with van der Waals surface area (Å²) in [5.41, 5.74) is 1.22. The number of rotatable bonds is 5. The minimum absolute atomic E-state index is 0.00728. The standard InChI is InChI=1S/C27H28F3N7O2/c1-17-22(16-34-37(17)25-7-3-19(14-33-25)27(28,29)30)26(38)35-20-4-5-23(32-15-20)21-12-18(13-31)2-6-24(21)36-8-10-39-11-9-36/h3-5,7,14-16,18,21,24H,2,6,8-12H2,1H3,(H,35,38). The van der Waals surface area contributed by atoms with Crippen molar-refractivity contribution in [3.63, 3.8) is 0 Å². The van der Waals surface area contributed by atoms with E-state index in [1.54, 1.807) is 19.2 Å². The number of nitrogens with zero attached hydrogens (tertiary/aromatic N) is 6. The summed E-state index contributed by atoms with van der Waals surface area (Å²) in [5, 5.41) is 16.5. The first-order chi connectivity index (χ1) is 18.7. The van der Waals surface area contributed by atoms with Crippen LogP contribution >= 0.6 is 0 Å². The number of hydrogen-bond acceptors (Lipinski definition) is 7. The van der Waals surface area contributed by atoms with Gasteiger partial charge in [-0.15, -0.1) is 0 Å². The number of alkyl halides is 3. The highest BCUT2D eigenvalue weighted by molar-refractivity contribution is 6.04. The highest BCUT2D eigenvalue weighted by Crippen LogP contribution is 2.39. The van der Waals surface area contributed by atoms with Gasteiger partial charge in [0.25, 0.3) is 5.91 Å². The largest absolute Gasteiger partial charge is 0.417 e. The molecule has 2 aliphatic rings. The number of pyridine rings is 2. The second-order valence-corrected chi connectivity index (χ2v) is 9.85. The molecule has 0 bridgehead atoms. The van der Waals surface area contributed by atoms with E-state index in [9.17, 15) is 23.2 Å². The molecule has 1 amide bonds. The Morgan fingerprint density at radius 2 is 1.90 bits per heavy atom. The Morgan fingerprint density at radius 1 is 1.10 bits per heavy atom. The van der Waals surface area contributed by atoms with Gasteiger partial charge in [0.05, 0.1) is 54.2 Å². The van der Waals surface area contributed by atoms with E-state index in [0.29, 0.717) is 30.6 Å². The lowest BCUT2D eigenvalue weighted by Gasteiger charge is -2.42. The molecule has 0 radical (unpaired) electrons. The maximum atomic E-state index is 13.0. The molecule has 204 valence electrons. The summed E-state index contributed by atoms with van der Waals surface area (Å²) in [6.07, 6.45) is 1.75. The van der Waals surface area contributed by atoms with Gasteiger partial charge in [-0.1, -0.05) is 0 Å². The van der Waals surface area contributed by atoms with Crippen molar-refractivity contribution in [2.45, 2.75) is 44.3 Å². The zero-order valence-corrected chi connectivity index (χ0v) is 21.4. The van der Waals surface area contributed by atoms with Crippen LogP contribution in [0.5, 0.6) is 0 Å². The van der Waals surface area contributed by atoms with Crippen molar-refractivity contribution in [3.8, 4) is 11.9 Å². The molecule has 12 heteroatoms. The molecule has 3 aromatic rings. The van der Waals surface area contributed by atoms with E-state index in [1.807, 2.05) is 6.07 Å². The maximum absolute atomic E-state index is 13.0. The van der Waals surface area contributed by atoms with Gasteiger partial charge in [0.1, 0.15) is 0 Å². The number of ether oxygens (including phenoxy) is 1. The van der Waals surface area contributed by atoms with Gasteiger partial charge in [-0.25, -0.2) is 9.67 Å². The van der Waals surface area contributed by atoms with Crippen LogP contribution in [0.1, 0.15) is 52.5 Å². The molecule has 4 heterocycles. The summed E-state index contributed by atoms with van der Waals surface area (Å²) >= 11 is 0. The lowest BCUT2D eigenvalue weighted by atomic mass is 9.76. The highest BCUT2D eigenvalue weighted by Gasteiger charge is 2.36. The van der Waals surface area contributed by atoms with E-state index in [1.165, 1.54) is 16.9 Å². The first kappa shape index (κ1) is 26.8. The fraction of sp³-hybridized carbons (Fsp3) is 0.444. The monoisotopic (exact) mass is 539 g/mol. The Kier molecular flexibility index (Phi) is 7.63. The van der Waals surface area contributed by atoms with E-state index < -0.39 is 17.6 Å². The van der Waals surface area contributed by atoms with Crippen molar-refractivity contribution >= 4 is 11.6 Å². The van der Waals surface area contributed by atoms with Crippen LogP contribution in [0.15, 0.2) is 42.9 Å². The average Bonchev–Trinajstić information content (AvgIpc) is 3.34. The third-order valence-corrected chi connectivity index (χ3v) is 7.48. The molecule has 1 N–H and O–H groups in total. The van der Waals surface area contributed by atoms with Crippen LogP contribution in [0.3, 0.4) is 0 Å². The molecule has 5 rings (SSSR count). The molecule has 39 heavy (non-hydrogen) atoms. The van der Waals surface area contributed by atoms with E-state index >= 15 is 0 Å². The Hall–Kier alpha value is -3.82. The van der Waals surface area contributed by atoms with Gasteiger partial charge < -0.3 is 10.1 Å². The smallest absolute Gasteiger partial charge is 0.379 e. The highest BCUT2D eigenvalue weighted by atomic mass is 19.4. The SMILES string of the molecule is Cc1c(C(=O)Nc2ccc(C3CC(C#N)CCC3N3CCOCC3)nc2)cnn1-c1ccc(C(F)(F)F)cn1. The minimum atomic E-state index is -4.49. The predicted molar refractivity (Wildman–Crippen MR) is 135 cm³/mol. The lowest BCUT2D eigenvalue weighted by molar-refractivity contribution is -0.137. The summed E-state index contributed by atoms with van der Waals surface area (Å²) in [5.74, 6) is -0.146. The molecule has 0 spiro atoms. The Morgan fingerprint density at radius 3 is 2.54 bits per heavy atom. The van der Waals surface area contributed by atoms with E-state index in [0.717, 1.165) is 50.3 Å². The fourth-order valence-electron chi connectivity index (χ4n) is 5.38. The number of carbonyl (C=O) groups excluding carboxylic acids is 1. The minimum Gasteiger partial charge on any atom is -0.379 e. The van der Waals surface area contributed by atoms with Crippen molar-refractivity contribution in [2.24, 2.45) is 5.92 Å². The number of anilines is 1. The van der Waals surface area contributed by atoms with Crippen LogP contribution in [0.4, 0.5) is 18.9 Å². The van der Waals surface area contributed by atoms with Gasteiger partial charge in [0, 0.05) is 42.9 Å². The van der Waals surface area contributed by atoms with Gasteiger partial charge >= 0.3 is 6.18 Å². The molecule has 9 nitrogen and oxygen atoms in total. The van der Waals surface area contributed by atoms with Crippen LogP contribution in [0.2, 0.25) is 0 Å². The number of morpholine rings is 1. The average molecular weight is 540 g/mol. The second kappa shape index (κ2) is 11.1. The van der Waals surface area contributed by atoms with Crippen LogP contribution < -0.4 is 5.32 Å². The normalized spacial score (nSPS) is 22.3. The van der Waals surface area contributed by atoms with Gasteiger partial charge in [0.2, 0.25) is 0 Å². The molecule has 0 aromatic carbocycles. The summed E-state index contributed by atoms with van der Waals surface area (Å²) < 4.78 is 45.4. The third-order valence-electron chi connectivity index (χ3n) is 7.48. The number of carbonyl (C=O) groups is 1. The first-order valence-electron chi connectivity index (χ1n) is 12.8. The zero-order chi connectivity index (χ0) is 27.6. The molecule has 1 saturated heterocycles. The fourth-order valence-corrected chi connectivity index (χ4v) is 5.38. The molecule has 2 fully saturated rings. The Labute approximate surface area is 223 Å². The number of amides is 1. The molecule has 3 aromatic heterocycles. The summed E-state index contributed by atoms with van der Waals surface area (Å²) in [7, 11) is 0. The molecule has 1 saturated carbocycles. The quantitative estimate of drug-likeness (QED) is 0.514. The van der Waals surface area contributed by atoms with Gasteiger partial charge in [0.15, 0.2) is 5.82 Å². The molecular formula is C27H28F3N7O2. The molecule has 1 aliphatic heterocycles. The van der Waals surface area contributed by atoms with Crippen molar-refractivity contribution in [1.29, 1.82) is 5.26 Å². The Balaban J connectivity index is 1.29. The summed E-state index contributed by atoms with van der Waals surface area (Å²) in [4.78, 5) is 23.9. The number of hydrogen-bond donors (Lipinski definition) is 1. The molecule has 3 unspecified atom stereocenters. The topological polar surface area (TPSA) is 109 Å².